The Hall–Kier alpha value is -2.27. The Kier molecular flexibility index (Phi) is 4.13. The molecule has 2 aromatic rings. The van der Waals surface area contributed by atoms with Crippen LogP contribution in [0.25, 0.3) is 0 Å². The normalized spacial score (nSPS) is 15.6. The Morgan fingerprint density at radius 1 is 1.09 bits per heavy atom. The highest BCUT2D eigenvalue weighted by molar-refractivity contribution is 7.15. The molecule has 2 heterocycles. The molecule has 0 bridgehead atoms. The van der Waals surface area contributed by atoms with Crippen LogP contribution in [0.5, 0.6) is 0 Å². The molecular weight excluding hydrogens is 325 g/mol. The maximum Gasteiger partial charge on any atom is 0.427 e. The van der Waals surface area contributed by atoms with E-state index in [1.165, 1.54) is 0 Å². The van der Waals surface area contributed by atoms with Gasteiger partial charge in [-0.3, -0.25) is 0 Å². The van der Waals surface area contributed by atoms with Gasteiger partial charge in [0.25, 0.3) is 0 Å². The van der Waals surface area contributed by atoms with Gasteiger partial charge in [-0.1, -0.05) is 23.5 Å². The number of benzene rings is 1. The summed E-state index contributed by atoms with van der Waals surface area (Å²) in [5.74, 6) is 0. The van der Waals surface area contributed by atoms with E-state index in [0.717, 1.165) is 11.9 Å². The summed E-state index contributed by atoms with van der Waals surface area (Å²) in [6.07, 6.45) is -3.46. The number of nitriles is 1. The molecule has 1 aliphatic heterocycles. The molecule has 1 aliphatic rings. The van der Waals surface area contributed by atoms with Crippen molar-refractivity contribution in [2.45, 2.75) is 6.18 Å². The quantitative estimate of drug-likeness (QED) is 0.842. The molecule has 0 aliphatic carbocycles. The average molecular weight is 338 g/mol. The average Bonchev–Trinajstić information content (AvgIpc) is 3.05. The minimum atomic E-state index is -4.34. The van der Waals surface area contributed by atoms with Gasteiger partial charge in [-0.25, -0.2) is 4.98 Å². The number of aromatic nitrogens is 1. The minimum Gasteiger partial charge on any atom is -0.367 e. The summed E-state index contributed by atoms with van der Waals surface area (Å²) >= 11 is 0.670. The summed E-state index contributed by atoms with van der Waals surface area (Å²) in [5.41, 5.74) is 1.47. The molecule has 3 rings (SSSR count). The third-order valence-corrected chi connectivity index (χ3v) is 4.79. The number of nitrogens with zero attached hydrogens (tertiary/aromatic N) is 4. The molecule has 8 heteroatoms. The molecule has 0 spiro atoms. The van der Waals surface area contributed by atoms with Crippen LogP contribution in [-0.2, 0) is 6.18 Å². The molecule has 0 atom stereocenters. The number of rotatable bonds is 2. The predicted octanol–water partition coefficient (Wildman–Crippen LogP) is 3.36. The molecule has 1 saturated heterocycles. The number of thiazole rings is 1. The number of para-hydroxylation sites is 1. The summed E-state index contributed by atoms with van der Waals surface area (Å²) in [7, 11) is 0. The first-order chi connectivity index (χ1) is 11.0. The van der Waals surface area contributed by atoms with E-state index in [1.807, 2.05) is 23.1 Å². The van der Waals surface area contributed by atoms with Crippen LogP contribution in [0.15, 0.2) is 30.5 Å². The molecule has 0 radical (unpaired) electrons. The topological polar surface area (TPSA) is 43.2 Å². The molecule has 1 aromatic heterocycles. The fraction of sp³-hybridized carbons (Fsp3) is 0.333. The van der Waals surface area contributed by atoms with Gasteiger partial charge in [0.2, 0.25) is 0 Å². The Bertz CT molecular complexity index is 727. The number of alkyl halides is 3. The van der Waals surface area contributed by atoms with Crippen LogP contribution in [0.4, 0.5) is 24.0 Å². The summed E-state index contributed by atoms with van der Waals surface area (Å²) in [6, 6.07) is 9.50. The fourth-order valence-electron chi connectivity index (χ4n) is 2.52. The second kappa shape index (κ2) is 6.08. The Labute approximate surface area is 135 Å². The van der Waals surface area contributed by atoms with Gasteiger partial charge in [-0.2, -0.15) is 18.4 Å². The highest BCUT2D eigenvalue weighted by Gasteiger charge is 2.34. The third kappa shape index (κ3) is 3.24. The zero-order valence-electron chi connectivity index (χ0n) is 12.0. The summed E-state index contributed by atoms with van der Waals surface area (Å²) in [5, 5.41) is 9.55. The van der Waals surface area contributed by atoms with Crippen LogP contribution in [0, 0.1) is 11.3 Å². The van der Waals surface area contributed by atoms with Gasteiger partial charge in [-0.05, 0) is 12.1 Å². The summed E-state index contributed by atoms with van der Waals surface area (Å²) in [4.78, 5) is 7.14. The van der Waals surface area contributed by atoms with E-state index in [9.17, 15) is 13.2 Å². The maximum absolute atomic E-state index is 12.6. The van der Waals surface area contributed by atoms with Crippen LogP contribution >= 0.6 is 11.3 Å². The number of halogens is 3. The molecule has 23 heavy (non-hydrogen) atoms. The zero-order valence-corrected chi connectivity index (χ0v) is 12.9. The van der Waals surface area contributed by atoms with Crippen molar-refractivity contribution >= 4 is 22.2 Å². The van der Waals surface area contributed by atoms with Gasteiger partial charge < -0.3 is 9.80 Å². The van der Waals surface area contributed by atoms with Crippen molar-refractivity contribution in [3.05, 3.63) is 40.9 Å². The third-order valence-electron chi connectivity index (χ3n) is 3.69. The highest BCUT2D eigenvalue weighted by Crippen LogP contribution is 2.36. The number of piperazine rings is 1. The van der Waals surface area contributed by atoms with E-state index < -0.39 is 11.1 Å². The lowest BCUT2D eigenvalue weighted by Gasteiger charge is -2.36. The zero-order chi connectivity index (χ0) is 16.4. The van der Waals surface area contributed by atoms with E-state index in [0.29, 0.717) is 48.2 Å². The lowest BCUT2D eigenvalue weighted by molar-refractivity contribution is -0.134. The van der Waals surface area contributed by atoms with Crippen LogP contribution in [0.2, 0.25) is 0 Å². The minimum absolute atomic E-state index is 0.394. The van der Waals surface area contributed by atoms with Crippen LogP contribution in [0.1, 0.15) is 10.4 Å². The van der Waals surface area contributed by atoms with Crippen LogP contribution in [-0.4, -0.2) is 31.2 Å². The Morgan fingerprint density at radius 2 is 1.74 bits per heavy atom. The Balaban J connectivity index is 1.69. The van der Waals surface area contributed by atoms with Crippen molar-refractivity contribution in [1.29, 1.82) is 5.26 Å². The molecule has 4 nitrogen and oxygen atoms in total. The molecular formula is C15H13F3N4S. The van der Waals surface area contributed by atoms with Crippen molar-refractivity contribution in [2.24, 2.45) is 0 Å². The molecule has 0 unspecified atom stereocenters. The van der Waals surface area contributed by atoms with Gasteiger partial charge in [-0.15, -0.1) is 0 Å². The number of hydrogen-bond acceptors (Lipinski definition) is 5. The van der Waals surface area contributed by atoms with Crippen molar-refractivity contribution in [3.63, 3.8) is 0 Å². The second-order valence-corrected chi connectivity index (χ2v) is 6.12. The van der Waals surface area contributed by atoms with Crippen molar-refractivity contribution in [2.75, 3.05) is 36.0 Å². The number of hydrogen-bond donors (Lipinski definition) is 0. The fourth-order valence-corrected chi connectivity index (χ4v) is 3.36. The van der Waals surface area contributed by atoms with Gasteiger partial charge >= 0.3 is 6.18 Å². The summed E-state index contributed by atoms with van der Waals surface area (Å²) in [6.45, 7) is 2.42. The molecule has 120 valence electrons. The highest BCUT2D eigenvalue weighted by atomic mass is 32.1. The van der Waals surface area contributed by atoms with Gasteiger partial charge in [0.1, 0.15) is 10.9 Å². The second-order valence-electron chi connectivity index (χ2n) is 5.11. The van der Waals surface area contributed by atoms with Crippen molar-refractivity contribution in [1.82, 2.24) is 4.98 Å². The van der Waals surface area contributed by atoms with Crippen molar-refractivity contribution < 1.29 is 13.2 Å². The van der Waals surface area contributed by atoms with Crippen molar-refractivity contribution in [3.8, 4) is 6.07 Å². The van der Waals surface area contributed by atoms with Gasteiger partial charge in [0, 0.05) is 26.2 Å². The van der Waals surface area contributed by atoms with E-state index >= 15 is 0 Å². The molecule has 0 saturated carbocycles. The Morgan fingerprint density at radius 3 is 2.35 bits per heavy atom. The predicted molar refractivity (Wildman–Crippen MR) is 82.7 cm³/mol. The molecule has 0 N–H and O–H groups in total. The SMILES string of the molecule is N#Cc1ccccc1N1CCN(c2ncc(C(F)(F)F)s2)CC1. The molecule has 1 aromatic carbocycles. The molecule has 0 amide bonds. The summed E-state index contributed by atoms with van der Waals surface area (Å²) < 4.78 is 37.9. The van der Waals surface area contributed by atoms with Gasteiger partial charge in [0.15, 0.2) is 5.13 Å². The van der Waals surface area contributed by atoms with E-state index in [1.54, 1.807) is 6.07 Å². The van der Waals surface area contributed by atoms with Gasteiger partial charge in [0.05, 0.1) is 17.4 Å². The van der Waals surface area contributed by atoms with E-state index in [-0.39, 0.29) is 0 Å². The van der Waals surface area contributed by atoms with E-state index in [2.05, 4.69) is 16.0 Å². The largest absolute Gasteiger partial charge is 0.427 e. The standard InChI is InChI=1S/C15H13F3N4S/c16-15(17,18)13-10-20-14(23-13)22-7-5-21(6-8-22)12-4-2-1-3-11(12)9-19/h1-4,10H,5-8H2. The first-order valence-electron chi connectivity index (χ1n) is 7.01. The lowest BCUT2D eigenvalue weighted by atomic mass is 10.1. The molecule has 1 fully saturated rings. The monoisotopic (exact) mass is 338 g/mol. The maximum atomic E-state index is 12.6. The van der Waals surface area contributed by atoms with Crippen LogP contribution in [0.3, 0.4) is 0 Å². The first kappa shape index (κ1) is 15.6. The lowest BCUT2D eigenvalue weighted by Crippen LogP contribution is -2.46. The first-order valence-corrected chi connectivity index (χ1v) is 7.83. The van der Waals surface area contributed by atoms with E-state index in [4.69, 9.17) is 5.26 Å². The van der Waals surface area contributed by atoms with Crippen LogP contribution < -0.4 is 9.80 Å². The smallest absolute Gasteiger partial charge is 0.367 e. The number of anilines is 2.